The van der Waals surface area contributed by atoms with Crippen molar-refractivity contribution in [3.8, 4) is 5.75 Å². The summed E-state index contributed by atoms with van der Waals surface area (Å²) in [6, 6.07) is 8.25. The molecule has 0 saturated carbocycles. The van der Waals surface area contributed by atoms with Crippen molar-refractivity contribution >= 4 is 44.8 Å². The summed E-state index contributed by atoms with van der Waals surface area (Å²) in [5.74, 6) is -1.17. The third kappa shape index (κ3) is 4.43. The molecule has 2 aromatic rings. The minimum atomic E-state index is -3.81. The van der Waals surface area contributed by atoms with Crippen LogP contribution >= 0.6 is 11.6 Å². The third-order valence-electron chi connectivity index (χ3n) is 5.53. The van der Waals surface area contributed by atoms with Gasteiger partial charge in [-0.3, -0.25) is 9.59 Å². The van der Waals surface area contributed by atoms with E-state index in [2.05, 4.69) is 10.6 Å². The Hall–Kier alpha value is -2.69. The van der Waals surface area contributed by atoms with Crippen molar-refractivity contribution in [1.29, 1.82) is 0 Å². The summed E-state index contributed by atoms with van der Waals surface area (Å²) in [7, 11) is -3.81. The minimum absolute atomic E-state index is 0.0403. The second-order valence-electron chi connectivity index (χ2n) is 7.70. The van der Waals surface area contributed by atoms with E-state index in [-0.39, 0.29) is 40.7 Å². The van der Waals surface area contributed by atoms with Crippen LogP contribution in [0, 0.1) is 11.7 Å². The van der Waals surface area contributed by atoms with Crippen molar-refractivity contribution in [2.45, 2.75) is 30.8 Å². The van der Waals surface area contributed by atoms with Crippen LogP contribution in [0.1, 0.15) is 19.8 Å². The molecule has 8 nitrogen and oxygen atoms in total. The van der Waals surface area contributed by atoms with E-state index in [0.717, 1.165) is 0 Å². The van der Waals surface area contributed by atoms with E-state index in [1.165, 1.54) is 40.7 Å². The average Bonchev–Trinajstić information content (AvgIpc) is 2.77. The number of ether oxygens (including phenoxy) is 1. The lowest BCUT2D eigenvalue weighted by Gasteiger charge is -2.31. The van der Waals surface area contributed by atoms with Gasteiger partial charge in [0.2, 0.25) is 15.9 Å². The lowest BCUT2D eigenvalue weighted by atomic mass is 9.97. The molecule has 0 aromatic heterocycles. The Labute approximate surface area is 189 Å². The summed E-state index contributed by atoms with van der Waals surface area (Å²) in [6.07, 6.45) is 0.0194. The van der Waals surface area contributed by atoms with Crippen molar-refractivity contribution in [3.63, 3.8) is 0 Å². The van der Waals surface area contributed by atoms with Crippen LogP contribution in [0.25, 0.3) is 0 Å². The van der Waals surface area contributed by atoms with Gasteiger partial charge in [0.25, 0.3) is 5.91 Å². The van der Waals surface area contributed by atoms with E-state index in [9.17, 15) is 22.4 Å². The Bertz CT molecular complexity index is 1180. The van der Waals surface area contributed by atoms with Crippen molar-refractivity contribution in [2.24, 2.45) is 5.92 Å². The molecule has 2 aromatic carbocycles. The van der Waals surface area contributed by atoms with Gasteiger partial charge in [-0.05, 0) is 56.2 Å². The highest BCUT2D eigenvalue weighted by atomic mass is 35.5. The number of nitrogens with one attached hydrogen (secondary N) is 2. The number of anilines is 2. The minimum Gasteiger partial charge on any atom is -0.479 e. The molecule has 2 aliphatic rings. The number of benzene rings is 2. The highest BCUT2D eigenvalue weighted by Crippen LogP contribution is 2.33. The number of nitrogens with zero attached hydrogens (tertiary/aromatic N) is 1. The summed E-state index contributed by atoms with van der Waals surface area (Å²) in [5, 5.41) is 5.25. The van der Waals surface area contributed by atoms with Gasteiger partial charge in [0.05, 0.1) is 15.6 Å². The monoisotopic (exact) mass is 481 g/mol. The van der Waals surface area contributed by atoms with Gasteiger partial charge in [0, 0.05) is 24.7 Å². The number of piperidine rings is 1. The molecule has 32 heavy (non-hydrogen) atoms. The van der Waals surface area contributed by atoms with Crippen molar-refractivity contribution in [2.75, 3.05) is 23.7 Å². The molecule has 4 rings (SSSR count). The lowest BCUT2D eigenvalue weighted by molar-refractivity contribution is -0.123. The fourth-order valence-electron chi connectivity index (χ4n) is 3.67. The molecule has 1 fully saturated rings. The Kier molecular flexibility index (Phi) is 6.11. The van der Waals surface area contributed by atoms with Crippen LogP contribution in [-0.2, 0) is 19.6 Å². The van der Waals surface area contributed by atoms with Crippen LogP contribution in [-0.4, -0.2) is 43.7 Å². The zero-order chi connectivity index (χ0) is 23.0. The van der Waals surface area contributed by atoms with Gasteiger partial charge < -0.3 is 15.4 Å². The van der Waals surface area contributed by atoms with Gasteiger partial charge in [-0.2, -0.15) is 4.31 Å². The van der Waals surface area contributed by atoms with E-state index in [1.807, 2.05) is 0 Å². The fourth-order valence-corrected chi connectivity index (χ4v) is 5.35. The third-order valence-corrected chi connectivity index (χ3v) is 7.72. The Morgan fingerprint density at radius 1 is 1.22 bits per heavy atom. The molecule has 0 spiro atoms. The Morgan fingerprint density at radius 3 is 2.62 bits per heavy atom. The number of halogens is 2. The number of carbonyl (C=O) groups excluding carboxylic acids is 2. The van der Waals surface area contributed by atoms with Crippen LogP contribution < -0.4 is 15.4 Å². The second kappa shape index (κ2) is 8.68. The second-order valence-corrected chi connectivity index (χ2v) is 10.0. The summed E-state index contributed by atoms with van der Waals surface area (Å²) in [6.45, 7) is 1.94. The SMILES string of the molecule is CC1Oc2ccc(S(=O)(=O)N3CCC(C(=O)Nc4ccc(F)c(Cl)c4)CC3)cc2NC1=O. The predicted octanol–water partition coefficient (Wildman–Crippen LogP) is 3.24. The number of hydrogen-bond donors (Lipinski definition) is 2. The number of fused-ring (bicyclic) bond motifs is 1. The molecule has 2 amide bonds. The van der Waals surface area contributed by atoms with Crippen LogP contribution in [0.4, 0.5) is 15.8 Å². The van der Waals surface area contributed by atoms with Crippen molar-refractivity contribution in [3.05, 3.63) is 47.2 Å². The van der Waals surface area contributed by atoms with Gasteiger partial charge in [-0.25, -0.2) is 12.8 Å². The molecule has 1 saturated heterocycles. The smallest absolute Gasteiger partial charge is 0.265 e. The zero-order valence-corrected chi connectivity index (χ0v) is 18.7. The Balaban J connectivity index is 1.41. The molecule has 0 bridgehead atoms. The summed E-state index contributed by atoms with van der Waals surface area (Å²) < 4.78 is 46.2. The first-order valence-electron chi connectivity index (χ1n) is 10.0. The maximum atomic E-state index is 13.3. The molecule has 1 unspecified atom stereocenters. The molecule has 2 heterocycles. The van der Waals surface area contributed by atoms with Crippen molar-refractivity contribution in [1.82, 2.24) is 4.31 Å². The fraction of sp³-hybridized carbons (Fsp3) is 0.333. The molecule has 170 valence electrons. The zero-order valence-electron chi connectivity index (χ0n) is 17.1. The quantitative estimate of drug-likeness (QED) is 0.697. The van der Waals surface area contributed by atoms with Crippen LogP contribution in [0.5, 0.6) is 5.75 Å². The Morgan fingerprint density at radius 2 is 1.94 bits per heavy atom. The highest BCUT2D eigenvalue weighted by molar-refractivity contribution is 7.89. The largest absolute Gasteiger partial charge is 0.479 e. The maximum Gasteiger partial charge on any atom is 0.265 e. The average molecular weight is 482 g/mol. The van der Waals surface area contributed by atoms with E-state index < -0.39 is 21.9 Å². The van der Waals surface area contributed by atoms with Gasteiger partial charge in [-0.1, -0.05) is 11.6 Å². The van der Waals surface area contributed by atoms with Crippen molar-refractivity contribution < 1.29 is 27.1 Å². The van der Waals surface area contributed by atoms with E-state index in [1.54, 1.807) is 6.92 Å². The topological polar surface area (TPSA) is 105 Å². The lowest BCUT2D eigenvalue weighted by Crippen LogP contribution is -2.41. The van der Waals surface area contributed by atoms with Gasteiger partial charge in [-0.15, -0.1) is 0 Å². The highest BCUT2D eigenvalue weighted by Gasteiger charge is 2.33. The molecule has 0 aliphatic carbocycles. The van der Waals surface area contributed by atoms with Gasteiger partial charge in [0.15, 0.2) is 6.10 Å². The van der Waals surface area contributed by atoms with E-state index >= 15 is 0 Å². The predicted molar refractivity (Wildman–Crippen MR) is 117 cm³/mol. The number of rotatable bonds is 4. The molecule has 0 radical (unpaired) electrons. The first-order chi connectivity index (χ1) is 15.1. The maximum absolute atomic E-state index is 13.3. The number of sulfonamides is 1. The van der Waals surface area contributed by atoms with Gasteiger partial charge in [0.1, 0.15) is 11.6 Å². The normalized spacial score (nSPS) is 19.6. The molecule has 2 N–H and O–H groups in total. The van der Waals surface area contributed by atoms with Crippen LogP contribution in [0.3, 0.4) is 0 Å². The standard InChI is InChI=1S/C21H21ClFN3O5S/c1-12-20(27)25-18-11-15(3-5-19(18)31-12)32(29,30)26-8-6-13(7-9-26)21(28)24-14-2-4-17(23)16(22)10-14/h2-5,10-13H,6-9H2,1H3,(H,24,28)(H,25,27). The van der Waals surface area contributed by atoms with E-state index in [0.29, 0.717) is 30.0 Å². The molecular weight excluding hydrogens is 461 g/mol. The number of amides is 2. The van der Waals surface area contributed by atoms with Crippen LogP contribution in [0.2, 0.25) is 5.02 Å². The number of carbonyl (C=O) groups is 2. The molecule has 11 heteroatoms. The molecule has 1 atom stereocenters. The summed E-state index contributed by atoms with van der Waals surface area (Å²) >= 11 is 5.74. The summed E-state index contributed by atoms with van der Waals surface area (Å²) in [4.78, 5) is 24.4. The number of hydrogen-bond acceptors (Lipinski definition) is 5. The van der Waals surface area contributed by atoms with Crippen LogP contribution in [0.15, 0.2) is 41.3 Å². The molecular formula is C21H21ClFN3O5S. The van der Waals surface area contributed by atoms with Gasteiger partial charge >= 0.3 is 0 Å². The van der Waals surface area contributed by atoms with E-state index in [4.69, 9.17) is 16.3 Å². The molecule has 2 aliphatic heterocycles. The summed E-state index contributed by atoms with van der Waals surface area (Å²) in [5.41, 5.74) is 0.686. The first kappa shape index (κ1) is 22.5. The first-order valence-corrected chi connectivity index (χ1v) is 11.8.